The summed E-state index contributed by atoms with van der Waals surface area (Å²) in [5.74, 6) is 0. The Morgan fingerprint density at radius 2 is 0.325 bits per heavy atom. The number of hydrogen-bond acceptors (Lipinski definition) is 25. The Hall–Kier alpha value is -1.00. The standard InChI is InChI=1S/C52H107NO24/c1-2-3-4-5-6-7-8-9-10-11-12-13-14-15-16-17-18-19-20-21-22-23-24-25-26-27-28-29-30-31-32-33-34-35-36-37-38-39-40-41-42-43-44-45-46-47-48-49-50-51-52-55-57-59-61-63-65-67-69-71-73-75-77-76-74-72-70-68-66-64-62-60-58-56-53-54/h53-54H,2-52H2,1H3. The Kier molecular flexibility index (Phi) is 74.0. The van der Waals surface area contributed by atoms with Gasteiger partial charge in [0.05, 0.1) is 6.61 Å². The van der Waals surface area contributed by atoms with Gasteiger partial charge in [0.2, 0.25) is 0 Å². The van der Waals surface area contributed by atoms with Crippen LogP contribution in [0.2, 0.25) is 0 Å². The highest BCUT2D eigenvalue weighted by Gasteiger charge is 2.04. The fourth-order valence-electron chi connectivity index (χ4n) is 9.02. The van der Waals surface area contributed by atoms with Gasteiger partial charge in [0.1, 0.15) is 0 Å². The van der Waals surface area contributed by atoms with Crippen LogP contribution < -0.4 is 5.64 Å². The van der Waals surface area contributed by atoms with Gasteiger partial charge in [0.15, 0.2) is 0 Å². The van der Waals surface area contributed by atoms with E-state index in [1.54, 1.807) is 0 Å². The second kappa shape index (κ2) is 75.0. The summed E-state index contributed by atoms with van der Waals surface area (Å²) in [6.45, 7) is 2.59. The van der Waals surface area contributed by atoms with Gasteiger partial charge in [-0.25, -0.2) is 4.89 Å². The molecular weight excluding hydrogens is 1020 g/mol. The van der Waals surface area contributed by atoms with E-state index in [4.69, 9.17) is 10.1 Å². The summed E-state index contributed by atoms with van der Waals surface area (Å²) >= 11 is 0. The van der Waals surface area contributed by atoms with Crippen LogP contribution in [0.5, 0.6) is 0 Å². The minimum atomic E-state index is 0.283. The van der Waals surface area contributed by atoms with Crippen molar-refractivity contribution >= 4 is 0 Å². The summed E-state index contributed by atoms with van der Waals surface area (Å²) in [7, 11) is 0. The molecule has 0 rings (SSSR count). The highest BCUT2D eigenvalue weighted by molar-refractivity contribution is 4.55. The molecule has 0 aromatic carbocycles. The molecular formula is C52H107NO24. The van der Waals surface area contributed by atoms with E-state index in [9.17, 15) is 0 Å². The third-order valence-electron chi connectivity index (χ3n) is 13.3. The third-order valence-corrected chi connectivity index (χ3v) is 13.3. The van der Waals surface area contributed by atoms with Crippen molar-refractivity contribution in [3.63, 3.8) is 0 Å². The van der Waals surface area contributed by atoms with E-state index in [2.05, 4.69) is 118 Å². The van der Waals surface area contributed by atoms with E-state index in [1.807, 2.05) is 0 Å². The number of hydrogen-bond donors (Lipinski definition) is 2. The molecule has 0 aliphatic carbocycles. The van der Waals surface area contributed by atoms with Gasteiger partial charge in [-0.05, 0) is 92.7 Å². The summed E-state index contributed by atoms with van der Waals surface area (Å²) < 4.78 is 0. The number of rotatable bonds is 74. The topological polar surface area (TPSA) is 245 Å². The average molecular weight is 1130 g/mol. The Balaban J connectivity index is 3.08. The molecule has 0 spiro atoms. The predicted octanol–water partition coefficient (Wildman–Crippen LogP) is 17.9. The maximum absolute atomic E-state index is 7.88. The highest BCUT2D eigenvalue weighted by Crippen LogP contribution is 2.19. The zero-order valence-corrected chi connectivity index (χ0v) is 47.4. The lowest BCUT2D eigenvalue weighted by Crippen LogP contribution is -2.10. The van der Waals surface area contributed by atoms with Crippen LogP contribution in [0, 0.1) is 0 Å². The van der Waals surface area contributed by atoms with Gasteiger partial charge in [0.25, 0.3) is 0 Å². The largest absolute Gasteiger partial charge is 0.290 e. The molecule has 0 aromatic heterocycles. The highest BCUT2D eigenvalue weighted by atomic mass is 18.0. The Morgan fingerprint density at radius 3 is 0.494 bits per heavy atom. The monoisotopic (exact) mass is 1130 g/mol. The molecule has 25 heteroatoms. The molecule has 2 N–H and O–H groups in total. The second-order valence-corrected chi connectivity index (χ2v) is 19.7. The smallest absolute Gasteiger partial charge is 0.0855 e. The Bertz CT molecular complexity index is 936. The van der Waals surface area contributed by atoms with Gasteiger partial charge in [0, 0.05) is 25.2 Å². The number of nitrogens with one attached hydrogen (secondary N) is 1. The quantitative estimate of drug-likeness (QED) is 0.0326. The van der Waals surface area contributed by atoms with Crippen LogP contribution in [0.1, 0.15) is 328 Å². The van der Waals surface area contributed by atoms with Crippen LogP contribution in [0.4, 0.5) is 0 Å². The van der Waals surface area contributed by atoms with Crippen molar-refractivity contribution in [1.29, 1.82) is 0 Å². The molecule has 0 unspecified atom stereocenters. The van der Waals surface area contributed by atoms with Crippen molar-refractivity contribution in [2.45, 2.75) is 328 Å². The summed E-state index contributed by atoms with van der Waals surface area (Å²) in [5.41, 5.74) is 1.05. The molecule has 0 bridgehead atoms. The van der Waals surface area contributed by atoms with E-state index < -0.39 is 0 Å². The van der Waals surface area contributed by atoms with Gasteiger partial charge in [-0.2, -0.15) is 0 Å². The minimum absolute atomic E-state index is 0.283. The van der Waals surface area contributed by atoms with Crippen LogP contribution in [0.25, 0.3) is 0 Å². The molecule has 0 radical (unpaired) electrons. The summed E-state index contributed by atoms with van der Waals surface area (Å²) in [6.07, 6.45) is 70.3. The minimum Gasteiger partial charge on any atom is -0.290 e. The van der Waals surface area contributed by atoms with Crippen molar-refractivity contribution in [3.05, 3.63) is 0 Å². The van der Waals surface area contributed by atoms with Crippen molar-refractivity contribution in [2.75, 3.05) is 6.61 Å². The van der Waals surface area contributed by atoms with Crippen molar-refractivity contribution in [1.82, 2.24) is 5.64 Å². The van der Waals surface area contributed by atoms with Gasteiger partial charge in [-0.1, -0.05) is 327 Å². The zero-order chi connectivity index (χ0) is 55.0. The molecule has 0 aromatic rings. The molecule has 25 nitrogen and oxygen atoms in total. The molecule has 464 valence electrons. The molecule has 0 aliphatic rings. The normalized spacial score (nSPS) is 11.8. The van der Waals surface area contributed by atoms with Crippen LogP contribution in [-0.4, -0.2) is 11.8 Å². The van der Waals surface area contributed by atoms with Crippen LogP contribution in [-0.2, 0) is 116 Å². The van der Waals surface area contributed by atoms with Crippen LogP contribution >= 0.6 is 0 Å². The molecule has 0 heterocycles. The SMILES string of the molecule is CCCCCCCCCCCCCCCCCCCCCCCCCCCCCCCCCCCCCCCCCCCCCCCCCCCCOOOOOOOOOOOOOOOOOOOOOOONO. The van der Waals surface area contributed by atoms with Gasteiger partial charge in [-0.3, -0.25) is 5.21 Å². The van der Waals surface area contributed by atoms with Gasteiger partial charge >= 0.3 is 0 Å². The lowest BCUT2D eigenvalue weighted by Gasteiger charge is -2.05. The summed E-state index contributed by atoms with van der Waals surface area (Å²) in [5, 5.41) is 85.3. The van der Waals surface area contributed by atoms with Crippen molar-refractivity contribution in [3.8, 4) is 0 Å². The lowest BCUT2D eigenvalue weighted by molar-refractivity contribution is -0.898. The molecule has 0 atom stereocenters. The predicted molar refractivity (Wildman–Crippen MR) is 271 cm³/mol. The van der Waals surface area contributed by atoms with Gasteiger partial charge < -0.3 is 0 Å². The molecule has 0 saturated heterocycles. The average Bonchev–Trinajstić information content (AvgIpc) is 3.44. The Morgan fingerprint density at radius 1 is 0.182 bits per heavy atom. The molecule has 77 heavy (non-hydrogen) atoms. The van der Waals surface area contributed by atoms with E-state index in [0.717, 1.165) is 24.9 Å². The maximum atomic E-state index is 7.88. The first-order valence-corrected chi connectivity index (χ1v) is 30.1. The summed E-state index contributed by atoms with van der Waals surface area (Å²) in [6, 6.07) is 0. The van der Waals surface area contributed by atoms with E-state index in [0.29, 0.717) is 0 Å². The third kappa shape index (κ3) is 75.0. The number of unbranched alkanes of at least 4 members (excludes halogenated alkanes) is 49. The summed E-state index contributed by atoms with van der Waals surface area (Å²) in [4.78, 5) is 8.28. The first kappa shape index (κ1) is 76.0. The lowest BCUT2D eigenvalue weighted by atomic mass is 10.0. The molecule has 0 aliphatic heterocycles. The van der Waals surface area contributed by atoms with Crippen LogP contribution in [0.15, 0.2) is 0 Å². The fourth-order valence-corrected chi connectivity index (χ4v) is 9.02. The van der Waals surface area contributed by atoms with Crippen molar-refractivity contribution in [2.24, 2.45) is 0 Å². The van der Waals surface area contributed by atoms with E-state index >= 15 is 0 Å². The first-order valence-electron chi connectivity index (χ1n) is 30.1. The second-order valence-electron chi connectivity index (χ2n) is 19.7. The van der Waals surface area contributed by atoms with E-state index in [1.165, 1.54) is 302 Å². The zero-order valence-electron chi connectivity index (χ0n) is 47.4. The first-order chi connectivity index (χ1) is 38.4. The Labute approximate surface area is 460 Å². The van der Waals surface area contributed by atoms with Crippen LogP contribution in [0.3, 0.4) is 0 Å². The molecule has 0 saturated carbocycles. The van der Waals surface area contributed by atoms with Gasteiger partial charge in [-0.15, -0.1) is 0 Å². The maximum Gasteiger partial charge on any atom is 0.0855 e. The van der Waals surface area contributed by atoms with E-state index in [-0.39, 0.29) is 6.61 Å². The van der Waals surface area contributed by atoms with Crippen molar-refractivity contribution < 1.29 is 121 Å². The molecule has 0 amide bonds. The fraction of sp³-hybridized carbons (Fsp3) is 1.00. The molecule has 0 fully saturated rings.